The fourth-order valence-electron chi connectivity index (χ4n) is 3.53. The summed E-state index contributed by atoms with van der Waals surface area (Å²) in [4.78, 5) is 13.9. The first-order chi connectivity index (χ1) is 8.06. The van der Waals surface area contributed by atoms with Crippen molar-refractivity contribution < 1.29 is 4.79 Å². The lowest BCUT2D eigenvalue weighted by Gasteiger charge is -2.24. The van der Waals surface area contributed by atoms with Crippen LogP contribution in [0.2, 0.25) is 0 Å². The number of fused-ring (bicyclic) bond motifs is 2. The van der Waals surface area contributed by atoms with Gasteiger partial charge in [-0.1, -0.05) is 6.42 Å². The summed E-state index contributed by atoms with van der Waals surface area (Å²) >= 11 is 0. The monoisotopic (exact) mass is 238 g/mol. The van der Waals surface area contributed by atoms with Crippen molar-refractivity contribution in [1.82, 2.24) is 4.90 Å². The molecule has 0 spiro atoms. The summed E-state index contributed by atoms with van der Waals surface area (Å²) in [6, 6.07) is 0.188. The molecule has 2 aliphatic carbocycles. The van der Waals surface area contributed by atoms with Crippen LogP contribution in [0.5, 0.6) is 0 Å². The lowest BCUT2D eigenvalue weighted by atomic mass is 9.86. The Balaban J connectivity index is 1.73. The van der Waals surface area contributed by atoms with Gasteiger partial charge in [-0.15, -0.1) is 0 Å². The van der Waals surface area contributed by atoms with E-state index in [-0.39, 0.29) is 6.04 Å². The third-order valence-corrected chi connectivity index (χ3v) is 4.67. The smallest absolute Gasteiger partial charge is 0.222 e. The van der Waals surface area contributed by atoms with E-state index in [1.807, 2.05) is 18.9 Å². The van der Waals surface area contributed by atoms with Crippen LogP contribution in [0.3, 0.4) is 0 Å². The number of hydrogen-bond donors (Lipinski definition) is 1. The van der Waals surface area contributed by atoms with E-state index in [1.54, 1.807) is 0 Å². The van der Waals surface area contributed by atoms with Crippen LogP contribution in [0.15, 0.2) is 0 Å². The van der Waals surface area contributed by atoms with Crippen molar-refractivity contribution in [2.75, 3.05) is 13.6 Å². The maximum absolute atomic E-state index is 12.1. The van der Waals surface area contributed by atoms with Crippen molar-refractivity contribution in [3.8, 4) is 0 Å². The quantitative estimate of drug-likeness (QED) is 0.796. The SMILES string of the molecule is CC(N)CCN(C)C(=O)CC1CC2CCC1C2. The molecule has 3 heteroatoms. The number of amides is 1. The molecule has 1 amide bonds. The zero-order chi connectivity index (χ0) is 12.4. The number of carbonyl (C=O) groups is 1. The maximum atomic E-state index is 12.1. The summed E-state index contributed by atoms with van der Waals surface area (Å²) in [5.74, 6) is 2.79. The molecular weight excluding hydrogens is 212 g/mol. The average Bonchev–Trinajstić information content (AvgIpc) is 2.87. The van der Waals surface area contributed by atoms with Gasteiger partial charge in [0.25, 0.3) is 0 Å². The fraction of sp³-hybridized carbons (Fsp3) is 0.929. The van der Waals surface area contributed by atoms with Crippen LogP contribution in [0, 0.1) is 17.8 Å². The molecule has 2 saturated carbocycles. The predicted octanol–water partition coefficient (Wildman–Crippen LogP) is 2.01. The van der Waals surface area contributed by atoms with Crippen molar-refractivity contribution in [2.24, 2.45) is 23.5 Å². The van der Waals surface area contributed by atoms with Crippen molar-refractivity contribution >= 4 is 5.91 Å². The summed E-state index contributed by atoms with van der Waals surface area (Å²) < 4.78 is 0. The van der Waals surface area contributed by atoms with Gasteiger partial charge in [0.05, 0.1) is 0 Å². The molecule has 0 radical (unpaired) electrons. The van der Waals surface area contributed by atoms with E-state index in [0.29, 0.717) is 11.8 Å². The van der Waals surface area contributed by atoms with Crippen molar-refractivity contribution in [2.45, 2.75) is 51.5 Å². The molecule has 2 fully saturated rings. The van der Waals surface area contributed by atoms with Crippen LogP contribution in [-0.4, -0.2) is 30.4 Å². The van der Waals surface area contributed by atoms with Gasteiger partial charge in [0, 0.05) is 26.1 Å². The first-order valence-electron chi connectivity index (χ1n) is 7.05. The first kappa shape index (κ1) is 12.9. The molecule has 2 aliphatic rings. The standard InChI is InChI=1S/C14H26N2O/c1-10(15)5-6-16(2)14(17)9-13-8-11-3-4-12(13)7-11/h10-13H,3-9,15H2,1-2H3. The Hall–Kier alpha value is -0.570. The summed E-state index contributed by atoms with van der Waals surface area (Å²) in [5, 5.41) is 0. The predicted molar refractivity (Wildman–Crippen MR) is 69.5 cm³/mol. The Kier molecular flexibility index (Phi) is 4.08. The highest BCUT2D eigenvalue weighted by Gasteiger charge is 2.40. The van der Waals surface area contributed by atoms with Gasteiger partial charge in [0.15, 0.2) is 0 Å². The van der Waals surface area contributed by atoms with Gasteiger partial charge >= 0.3 is 0 Å². The van der Waals surface area contributed by atoms with E-state index in [9.17, 15) is 4.79 Å². The number of carbonyl (C=O) groups excluding carboxylic acids is 1. The minimum Gasteiger partial charge on any atom is -0.346 e. The number of rotatable bonds is 5. The Morgan fingerprint density at radius 3 is 2.71 bits per heavy atom. The maximum Gasteiger partial charge on any atom is 0.222 e. The minimum atomic E-state index is 0.188. The molecule has 2 rings (SSSR count). The van der Waals surface area contributed by atoms with Gasteiger partial charge in [0.1, 0.15) is 0 Å². The van der Waals surface area contributed by atoms with Gasteiger partial charge in [-0.05, 0) is 50.4 Å². The molecule has 0 aliphatic heterocycles. The summed E-state index contributed by atoms with van der Waals surface area (Å²) in [6.07, 6.45) is 7.15. The molecule has 17 heavy (non-hydrogen) atoms. The molecular formula is C14H26N2O. The van der Waals surface area contributed by atoms with Crippen LogP contribution in [0.4, 0.5) is 0 Å². The van der Waals surface area contributed by atoms with Gasteiger partial charge in [-0.25, -0.2) is 0 Å². The summed E-state index contributed by atoms with van der Waals surface area (Å²) in [5.41, 5.74) is 5.72. The van der Waals surface area contributed by atoms with E-state index >= 15 is 0 Å². The molecule has 4 atom stereocenters. The minimum absolute atomic E-state index is 0.188. The van der Waals surface area contributed by atoms with Crippen molar-refractivity contribution in [3.05, 3.63) is 0 Å². The van der Waals surface area contributed by atoms with Gasteiger partial charge < -0.3 is 10.6 Å². The highest BCUT2D eigenvalue weighted by atomic mass is 16.2. The van der Waals surface area contributed by atoms with E-state index in [2.05, 4.69) is 0 Å². The number of hydrogen-bond acceptors (Lipinski definition) is 2. The van der Waals surface area contributed by atoms with Crippen LogP contribution in [0.25, 0.3) is 0 Å². The van der Waals surface area contributed by atoms with Gasteiger partial charge in [-0.2, -0.15) is 0 Å². The summed E-state index contributed by atoms with van der Waals surface area (Å²) in [7, 11) is 1.91. The normalized spacial score (nSPS) is 32.8. The van der Waals surface area contributed by atoms with Crippen LogP contribution in [-0.2, 0) is 4.79 Å². The molecule has 4 unspecified atom stereocenters. The second kappa shape index (κ2) is 5.38. The largest absolute Gasteiger partial charge is 0.346 e. The second-order valence-electron chi connectivity index (χ2n) is 6.22. The Bertz CT molecular complexity index is 277. The molecule has 0 aromatic rings. The molecule has 0 heterocycles. The Morgan fingerprint density at radius 1 is 1.41 bits per heavy atom. The van der Waals surface area contributed by atoms with Crippen molar-refractivity contribution in [1.29, 1.82) is 0 Å². The van der Waals surface area contributed by atoms with Crippen molar-refractivity contribution in [3.63, 3.8) is 0 Å². The molecule has 3 nitrogen and oxygen atoms in total. The molecule has 0 aromatic heterocycles. The van der Waals surface area contributed by atoms with Crippen LogP contribution < -0.4 is 5.73 Å². The zero-order valence-electron chi connectivity index (χ0n) is 11.2. The number of nitrogens with zero attached hydrogens (tertiary/aromatic N) is 1. The van der Waals surface area contributed by atoms with E-state index < -0.39 is 0 Å². The third kappa shape index (κ3) is 3.21. The van der Waals surface area contributed by atoms with E-state index in [1.165, 1.54) is 25.7 Å². The molecule has 0 aromatic carbocycles. The molecule has 2 N–H and O–H groups in total. The Labute approximate surface area is 105 Å². The van der Waals surface area contributed by atoms with E-state index in [4.69, 9.17) is 5.73 Å². The van der Waals surface area contributed by atoms with Crippen LogP contribution in [0.1, 0.15) is 45.4 Å². The molecule has 0 saturated heterocycles. The zero-order valence-corrected chi connectivity index (χ0v) is 11.2. The fourth-order valence-corrected chi connectivity index (χ4v) is 3.53. The molecule has 2 bridgehead atoms. The van der Waals surface area contributed by atoms with E-state index in [0.717, 1.165) is 31.2 Å². The highest BCUT2D eigenvalue weighted by molar-refractivity contribution is 5.76. The summed E-state index contributed by atoms with van der Waals surface area (Å²) in [6.45, 7) is 2.80. The average molecular weight is 238 g/mol. The van der Waals surface area contributed by atoms with Crippen LogP contribution >= 0.6 is 0 Å². The van der Waals surface area contributed by atoms with Gasteiger partial charge in [-0.3, -0.25) is 4.79 Å². The third-order valence-electron chi connectivity index (χ3n) is 4.67. The first-order valence-corrected chi connectivity index (χ1v) is 7.05. The highest BCUT2D eigenvalue weighted by Crippen LogP contribution is 2.49. The Morgan fingerprint density at radius 2 is 2.18 bits per heavy atom. The lowest BCUT2D eigenvalue weighted by molar-refractivity contribution is -0.131. The topological polar surface area (TPSA) is 46.3 Å². The lowest BCUT2D eigenvalue weighted by Crippen LogP contribution is -2.33. The van der Waals surface area contributed by atoms with Gasteiger partial charge in [0.2, 0.25) is 5.91 Å². The number of nitrogens with two attached hydrogens (primary N) is 1. The second-order valence-corrected chi connectivity index (χ2v) is 6.22. The molecule has 98 valence electrons.